The van der Waals surface area contributed by atoms with Crippen LogP contribution in [-0.4, -0.2) is 41.0 Å². The highest BCUT2D eigenvalue weighted by Crippen LogP contribution is 2.36. The van der Waals surface area contributed by atoms with E-state index < -0.39 is 32.5 Å². The third-order valence-electron chi connectivity index (χ3n) is 8.02. The summed E-state index contributed by atoms with van der Waals surface area (Å²) in [6.45, 7) is 3.51. The highest BCUT2D eigenvalue weighted by molar-refractivity contribution is 7.46. The average Bonchev–Trinajstić information content (AvgIpc) is 3.08. The van der Waals surface area contributed by atoms with E-state index in [1.807, 2.05) is 0 Å². The Hall–Kier alpha value is -2.25. The van der Waals surface area contributed by atoms with E-state index >= 15 is 0 Å². The van der Waals surface area contributed by atoms with Gasteiger partial charge in [0.25, 0.3) is 0 Å². The molecule has 0 aromatic carbocycles. The molecule has 0 saturated carbocycles. The Labute approximate surface area is 305 Å². The maximum Gasteiger partial charge on any atom is 0.469 e. The molecule has 1 atom stereocenters. The fourth-order valence-corrected chi connectivity index (χ4v) is 5.48. The molecule has 0 aliphatic heterocycles. The minimum atomic E-state index is -4.76. The third-order valence-corrected chi connectivity index (χ3v) is 8.51. The molecule has 0 unspecified atom stereocenters. The quantitative estimate of drug-likeness (QED) is 0.0287. The number of rotatable bonds is 35. The molecule has 0 amide bonds. The summed E-state index contributed by atoms with van der Waals surface area (Å²) >= 11 is 0. The molecule has 50 heavy (non-hydrogen) atoms. The number of ether oxygens (including phenoxy) is 2. The highest BCUT2D eigenvalue weighted by atomic mass is 31.2. The van der Waals surface area contributed by atoms with E-state index in [1.165, 1.54) is 44.9 Å². The van der Waals surface area contributed by atoms with Crippen LogP contribution in [0.15, 0.2) is 60.8 Å². The standard InChI is InChI=1S/C41H71O8P/c1-3-5-7-9-11-13-15-17-19-20-22-23-25-27-29-31-33-35-40(42)47-37-39(38-48-50(44,45)46)49-41(43)36-34-32-30-28-26-24-21-18-16-14-12-10-8-6-4-2/h6,8,11-14,17-19,21,39H,3-5,7,9-10,15-16,20,22-38H2,1-2H3,(H2,44,45,46)/b8-6-,13-11-,14-12-,19-17-,21-18-/t39-/m1/s1. The van der Waals surface area contributed by atoms with Crippen molar-refractivity contribution in [1.82, 2.24) is 0 Å². The first-order valence-corrected chi connectivity index (χ1v) is 21.1. The average molecular weight is 723 g/mol. The first kappa shape index (κ1) is 47.8. The summed E-state index contributed by atoms with van der Waals surface area (Å²) in [4.78, 5) is 42.8. The molecular formula is C41H71O8P. The number of hydrogen-bond acceptors (Lipinski definition) is 6. The summed E-state index contributed by atoms with van der Waals surface area (Å²) in [6.07, 6.45) is 45.1. The van der Waals surface area contributed by atoms with Crippen LogP contribution in [0.2, 0.25) is 0 Å². The van der Waals surface area contributed by atoms with Gasteiger partial charge in [0.1, 0.15) is 6.61 Å². The lowest BCUT2D eigenvalue weighted by Gasteiger charge is -2.18. The topological polar surface area (TPSA) is 119 Å². The van der Waals surface area contributed by atoms with E-state index in [-0.39, 0.29) is 19.4 Å². The van der Waals surface area contributed by atoms with Gasteiger partial charge in [-0.25, -0.2) is 4.57 Å². The number of unbranched alkanes of at least 4 members (excludes halogenated alkanes) is 15. The number of allylic oxidation sites excluding steroid dienone is 10. The number of phosphoric ester groups is 1. The lowest BCUT2D eigenvalue weighted by atomic mass is 10.1. The molecule has 0 aromatic rings. The molecule has 0 fully saturated rings. The van der Waals surface area contributed by atoms with Crippen LogP contribution in [0.4, 0.5) is 0 Å². The van der Waals surface area contributed by atoms with Crippen LogP contribution in [0.25, 0.3) is 0 Å². The van der Waals surface area contributed by atoms with Crippen molar-refractivity contribution in [3.05, 3.63) is 60.8 Å². The van der Waals surface area contributed by atoms with Crippen LogP contribution in [0, 0.1) is 0 Å². The summed E-state index contributed by atoms with van der Waals surface area (Å²) < 4.78 is 26.3. The molecule has 0 saturated heterocycles. The van der Waals surface area contributed by atoms with Crippen LogP contribution in [-0.2, 0) is 28.2 Å². The van der Waals surface area contributed by atoms with E-state index in [9.17, 15) is 14.2 Å². The van der Waals surface area contributed by atoms with Crippen molar-refractivity contribution in [1.29, 1.82) is 0 Å². The van der Waals surface area contributed by atoms with Gasteiger partial charge in [0.15, 0.2) is 6.10 Å². The van der Waals surface area contributed by atoms with Crippen molar-refractivity contribution in [2.24, 2.45) is 0 Å². The Morgan fingerprint density at radius 2 is 0.960 bits per heavy atom. The second kappa shape index (κ2) is 36.5. The smallest absolute Gasteiger partial charge is 0.462 e. The van der Waals surface area contributed by atoms with Crippen molar-refractivity contribution in [3.63, 3.8) is 0 Å². The van der Waals surface area contributed by atoms with Gasteiger partial charge in [0.2, 0.25) is 0 Å². The number of hydrogen-bond donors (Lipinski definition) is 2. The lowest BCUT2D eigenvalue weighted by molar-refractivity contribution is -0.161. The van der Waals surface area contributed by atoms with E-state index in [4.69, 9.17) is 19.3 Å². The molecule has 0 spiro atoms. The zero-order valence-electron chi connectivity index (χ0n) is 31.5. The zero-order chi connectivity index (χ0) is 36.8. The maximum atomic E-state index is 12.4. The Morgan fingerprint density at radius 3 is 1.44 bits per heavy atom. The molecule has 0 bridgehead atoms. The van der Waals surface area contributed by atoms with Crippen LogP contribution in [0.1, 0.15) is 168 Å². The fourth-order valence-electron chi connectivity index (χ4n) is 5.12. The summed E-state index contributed by atoms with van der Waals surface area (Å²) in [5.74, 6) is -0.918. The van der Waals surface area contributed by atoms with Gasteiger partial charge in [-0.1, -0.05) is 139 Å². The summed E-state index contributed by atoms with van der Waals surface area (Å²) in [7, 11) is -4.76. The van der Waals surface area contributed by atoms with Gasteiger partial charge in [0, 0.05) is 12.8 Å². The second-order valence-electron chi connectivity index (χ2n) is 12.9. The van der Waals surface area contributed by atoms with E-state index in [0.29, 0.717) is 12.8 Å². The normalized spacial score (nSPS) is 13.1. The molecule has 0 heterocycles. The van der Waals surface area contributed by atoms with Crippen LogP contribution in [0.3, 0.4) is 0 Å². The number of esters is 2. The van der Waals surface area contributed by atoms with Gasteiger partial charge in [-0.3, -0.25) is 14.1 Å². The van der Waals surface area contributed by atoms with Gasteiger partial charge in [0.05, 0.1) is 6.61 Å². The summed E-state index contributed by atoms with van der Waals surface area (Å²) in [5.41, 5.74) is 0. The molecule has 9 heteroatoms. The van der Waals surface area contributed by atoms with E-state index in [2.05, 4.69) is 79.1 Å². The SMILES string of the molecule is CC/C=C\C/C=C\C/C=C\CCCCCCCC(=O)O[C@H](COC(=O)CCCCCCCCC/C=C\C/C=C\CCCCC)COP(=O)(O)O. The van der Waals surface area contributed by atoms with E-state index in [1.54, 1.807) is 0 Å². The predicted molar refractivity (Wildman–Crippen MR) is 207 cm³/mol. The van der Waals surface area contributed by atoms with Crippen molar-refractivity contribution < 1.29 is 37.9 Å². The molecule has 0 aromatic heterocycles. The minimum Gasteiger partial charge on any atom is -0.462 e. The van der Waals surface area contributed by atoms with Crippen LogP contribution < -0.4 is 0 Å². The maximum absolute atomic E-state index is 12.4. The fraction of sp³-hybridized carbons (Fsp3) is 0.707. The predicted octanol–water partition coefficient (Wildman–Crippen LogP) is 11.7. The number of phosphoric acid groups is 1. The van der Waals surface area contributed by atoms with E-state index in [0.717, 1.165) is 83.5 Å². The van der Waals surface area contributed by atoms with Crippen molar-refractivity contribution >= 4 is 19.8 Å². The minimum absolute atomic E-state index is 0.188. The zero-order valence-corrected chi connectivity index (χ0v) is 32.4. The molecule has 0 rings (SSSR count). The number of carbonyl (C=O) groups excluding carboxylic acids is 2. The molecule has 0 radical (unpaired) electrons. The summed E-state index contributed by atoms with van der Waals surface area (Å²) in [5, 5.41) is 0. The van der Waals surface area contributed by atoms with Crippen LogP contribution in [0.5, 0.6) is 0 Å². The molecule has 0 aliphatic rings. The Kier molecular flexibility index (Phi) is 34.9. The largest absolute Gasteiger partial charge is 0.469 e. The molecule has 288 valence electrons. The highest BCUT2D eigenvalue weighted by Gasteiger charge is 2.22. The van der Waals surface area contributed by atoms with Gasteiger partial charge in [-0.15, -0.1) is 0 Å². The summed E-state index contributed by atoms with van der Waals surface area (Å²) in [6, 6.07) is 0. The lowest BCUT2D eigenvalue weighted by Crippen LogP contribution is -2.29. The Balaban J connectivity index is 3.99. The second-order valence-corrected chi connectivity index (χ2v) is 14.1. The number of carbonyl (C=O) groups is 2. The first-order valence-electron chi connectivity index (χ1n) is 19.6. The van der Waals surface area contributed by atoms with Crippen molar-refractivity contribution in [3.8, 4) is 0 Å². The van der Waals surface area contributed by atoms with Gasteiger partial charge in [-0.05, 0) is 77.0 Å². The third kappa shape index (κ3) is 38.6. The van der Waals surface area contributed by atoms with Crippen molar-refractivity contribution in [2.45, 2.75) is 174 Å². The Bertz CT molecular complexity index is 995. The van der Waals surface area contributed by atoms with Gasteiger partial charge < -0.3 is 19.3 Å². The first-order chi connectivity index (χ1) is 24.3. The van der Waals surface area contributed by atoms with Crippen molar-refractivity contribution in [2.75, 3.05) is 13.2 Å². The molecular weight excluding hydrogens is 651 g/mol. The molecule has 2 N–H and O–H groups in total. The molecule has 0 aliphatic carbocycles. The monoisotopic (exact) mass is 722 g/mol. The van der Waals surface area contributed by atoms with Gasteiger partial charge in [-0.2, -0.15) is 0 Å². The molecule has 8 nitrogen and oxygen atoms in total. The Morgan fingerprint density at radius 1 is 0.540 bits per heavy atom. The van der Waals surface area contributed by atoms with Crippen LogP contribution >= 0.6 is 7.82 Å². The van der Waals surface area contributed by atoms with Gasteiger partial charge >= 0.3 is 19.8 Å².